The lowest BCUT2D eigenvalue weighted by atomic mass is 10.2. The van der Waals surface area contributed by atoms with Crippen LogP contribution in [0.1, 0.15) is 27.7 Å². The molecule has 0 aromatic rings. The van der Waals surface area contributed by atoms with Crippen LogP contribution in [0.2, 0.25) is 0 Å². The monoisotopic (exact) mass is 191 g/mol. The van der Waals surface area contributed by atoms with E-state index in [1.54, 1.807) is 27.7 Å². The van der Waals surface area contributed by atoms with Gasteiger partial charge in [-0.1, -0.05) is 0 Å². The Hall–Kier alpha value is -0.810. The number of nitrogens with one attached hydrogen (secondary N) is 1. The first-order valence-electron chi connectivity index (χ1n) is 4.10. The van der Waals surface area contributed by atoms with E-state index in [1.165, 1.54) is 0 Å². The highest BCUT2D eigenvalue weighted by Gasteiger charge is 2.15. The molecule has 1 amide bonds. The first kappa shape index (κ1) is 12.2. The first-order chi connectivity index (χ1) is 5.81. The molecule has 0 aromatic heterocycles. The highest BCUT2D eigenvalue weighted by atomic mass is 16.7. The zero-order valence-corrected chi connectivity index (χ0v) is 8.46. The Kier molecular flexibility index (Phi) is 4.72. The van der Waals surface area contributed by atoms with Crippen molar-refractivity contribution in [2.75, 3.05) is 6.61 Å². The normalized spacial score (nSPS) is 13.6. The first-order valence-corrected chi connectivity index (χ1v) is 4.10. The molecule has 0 spiro atoms. The van der Waals surface area contributed by atoms with E-state index in [1.807, 2.05) is 5.48 Å². The van der Waals surface area contributed by atoms with Gasteiger partial charge in [0, 0.05) is 0 Å². The van der Waals surface area contributed by atoms with E-state index in [2.05, 4.69) is 4.84 Å². The minimum absolute atomic E-state index is 0.0409. The lowest BCUT2D eigenvalue weighted by Crippen LogP contribution is -2.33. The zero-order chi connectivity index (χ0) is 10.5. The third kappa shape index (κ3) is 9.10. The number of ether oxygens (including phenoxy) is 1. The summed E-state index contributed by atoms with van der Waals surface area (Å²) in [5, 5.41) is 8.78. The number of hydrogen-bond donors (Lipinski definition) is 2. The van der Waals surface area contributed by atoms with E-state index < -0.39 is 17.8 Å². The van der Waals surface area contributed by atoms with Gasteiger partial charge in [-0.05, 0) is 27.7 Å². The molecule has 1 unspecified atom stereocenters. The molecule has 0 aliphatic carbocycles. The molecule has 0 bridgehead atoms. The summed E-state index contributed by atoms with van der Waals surface area (Å²) in [5.41, 5.74) is 1.51. The predicted octanol–water partition coefficient (Wildman–Crippen LogP) is 0.824. The zero-order valence-electron chi connectivity index (χ0n) is 8.46. The number of carbonyl (C=O) groups is 1. The highest BCUT2D eigenvalue weighted by Crippen LogP contribution is 2.06. The van der Waals surface area contributed by atoms with Crippen LogP contribution in [0, 0.1) is 0 Å². The fourth-order valence-electron chi connectivity index (χ4n) is 0.520. The topological polar surface area (TPSA) is 67.8 Å². The molecule has 5 nitrogen and oxygen atoms in total. The van der Waals surface area contributed by atoms with Crippen LogP contribution < -0.4 is 5.48 Å². The molecule has 0 aliphatic heterocycles. The van der Waals surface area contributed by atoms with Gasteiger partial charge in [-0.2, -0.15) is 5.48 Å². The standard InChI is InChI=1S/C8H17NO4/c1-6(10)5-12-9-7(11)13-8(2,3)4/h6,10H,5H2,1-4H3,(H,9,11). The maximum absolute atomic E-state index is 10.9. The Bertz CT molecular complexity index is 162. The summed E-state index contributed by atoms with van der Waals surface area (Å²) >= 11 is 0. The van der Waals surface area contributed by atoms with Gasteiger partial charge in [-0.15, -0.1) is 0 Å². The van der Waals surface area contributed by atoms with Crippen LogP contribution in [0.4, 0.5) is 4.79 Å². The van der Waals surface area contributed by atoms with Crippen LogP contribution in [0.25, 0.3) is 0 Å². The second-order valence-corrected chi connectivity index (χ2v) is 3.76. The van der Waals surface area contributed by atoms with Crippen molar-refractivity contribution >= 4 is 6.09 Å². The Labute approximate surface area is 78.0 Å². The number of amides is 1. The molecule has 0 saturated carbocycles. The van der Waals surface area contributed by atoms with Crippen molar-refractivity contribution in [1.82, 2.24) is 5.48 Å². The molecule has 0 radical (unpaired) electrons. The van der Waals surface area contributed by atoms with E-state index in [9.17, 15) is 4.79 Å². The number of aliphatic hydroxyl groups excluding tert-OH is 1. The maximum atomic E-state index is 10.9. The van der Waals surface area contributed by atoms with Crippen molar-refractivity contribution in [3.8, 4) is 0 Å². The largest absolute Gasteiger partial charge is 0.442 e. The summed E-state index contributed by atoms with van der Waals surface area (Å²) in [6, 6.07) is 0. The third-order valence-corrected chi connectivity index (χ3v) is 0.879. The van der Waals surface area contributed by atoms with Crippen molar-refractivity contribution < 1.29 is 19.5 Å². The Balaban J connectivity index is 3.53. The molecule has 0 fully saturated rings. The van der Waals surface area contributed by atoms with E-state index >= 15 is 0 Å². The number of hydrogen-bond acceptors (Lipinski definition) is 4. The summed E-state index contributed by atoms with van der Waals surface area (Å²) in [5.74, 6) is 0. The highest BCUT2D eigenvalue weighted by molar-refractivity contribution is 5.66. The van der Waals surface area contributed by atoms with Crippen LogP contribution in [-0.4, -0.2) is 29.5 Å². The van der Waals surface area contributed by atoms with Gasteiger partial charge in [0.1, 0.15) is 12.2 Å². The molecule has 13 heavy (non-hydrogen) atoms. The summed E-state index contributed by atoms with van der Waals surface area (Å²) < 4.78 is 4.86. The summed E-state index contributed by atoms with van der Waals surface area (Å²) in [7, 11) is 0. The van der Waals surface area contributed by atoms with Crippen molar-refractivity contribution in [2.45, 2.75) is 39.4 Å². The quantitative estimate of drug-likeness (QED) is 0.648. The average Bonchev–Trinajstić information content (AvgIpc) is 1.81. The van der Waals surface area contributed by atoms with Gasteiger partial charge in [0.2, 0.25) is 0 Å². The van der Waals surface area contributed by atoms with Gasteiger partial charge in [0.15, 0.2) is 0 Å². The number of aliphatic hydroxyl groups is 1. The van der Waals surface area contributed by atoms with Crippen LogP contribution in [0.15, 0.2) is 0 Å². The second kappa shape index (κ2) is 5.04. The summed E-state index contributed by atoms with van der Waals surface area (Å²) in [6.07, 6.45) is -1.27. The second-order valence-electron chi connectivity index (χ2n) is 3.76. The molecule has 0 aromatic carbocycles. The molecule has 78 valence electrons. The van der Waals surface area contributed by atoms with E-state index in [0.29, 0.717) is 0 Å². The van der Waals surface area contributed by atoms with Gasteiger partial charge in [-0.25, -0.2) is 4.79 Å². The van der Waals surface area contributed by atoms with Crippen molar-refractivity contribution in [2.24, 2.45) is 0 Å². The van der Waals surface area contributed by atoms with Gasteiger partial charge in [-0.3, -0.25) is 4.84 Å². The smallest absolute Gasteiger partial charge is 0.431 e. The van der Waals surface area contributed by atoms with Crippen molar-refractivity contribution in [1.29, 1.82) is 0 Å². The molecule has 0 saturated heterocycles. The Morgan fingerprint density at radius 2 is 2.08 bits per heavy atom. The van der Waals surface area contributed by atoms with Gasteiger partial charge < -0.3 is 9.84 Å². The molecule has 1 atom stereocenters. The third-order valence-electron chi connectivity index (χ3n) is 0.879. The van der Waals surface area contributed by atoms with Crippen molar-refractivity contribution in [3.05, 3.63) is 0 Å². The van der Waals surface area contributed by atoms with E-state index in [0.717, 1.165) is 0 Å². The van der Waals surface area contributed by atoms with Gasteiger partial charge in [0.25, 0.3) is 0 Å². The Morgan fingerprint density at radius 1 is 1.54 bits per heavy atom. The number of rotatable bonds is 3. The Morgan fingerprint density at radius 3 is 2.46 bits per heavy atom. The van der Waals surface area contributed by atoms with E-state index in [4.69, 9.17) is 9.84 Å². The molecule has 0 aliphatic rings. The maximum Gasteiger partial charge on any atom is 0.431 e. The number of hydroxylamine groups is 1. The minimum atomic E-state index is -0.659. The average molecular weight is 191 g/mol. The van der Waals surface area contributed by atoms with Gasteiger partial charge >= 0.3 is 6.09 Å². The lowest BCUT2D eigenvalue weighted by Gasteiger charge is -2.19. The fourth-order valence-corrected chi connectivity index (χ4v) is 0.520. The molecular weight excluding hydrogens is 174 g/mol. The van der Waals surface area contributed by atoms with Crippen molar-refractivity contribution in [3.63, 3.8) is 0 Å². The van der Waals surface area contributed by atoms with Crippen LogP contribution >= 0.6 is 0 Å². The molecule has 5 heteroatoms. The SMILES string of the molecule is CC(O)CONC(=O)OC(C)(C)C. The lowest BCUT2D eigenvalue weighted by molar-refractivity contribution is -0.0318. The van der Waals surface area contributed by atoms with E-state index in [-0.39, 0.29) is 6.61 Å². The molecule has 0 heterocycles. The van der Waals surface area contributed by atoms with Crippen LogP contribution in [-0.2, 0) is 9.57 Å². The fraction of sp³-hybridized carbons (Fsp3) is 0.875. The summed E-state index contributed by atoms with van der Waals surface area (Å²) in [4.78, 5) is 15.5. The van der Waals surface area contributed by atoms with Crippen LogP contribution in [0.3, 0.4) is 0 Å². The number of carbonyl (C=O) groups excluding carboxylic acids is 1. The predicted molar refractivity (Wildman–Crippen MR) is 47.0 cm³/mol. The van der Waals surface area contributed by atoms with Gasteiger partial charge in [0.05, 0.1) is 6.10 Å². The van der Waals surface area contributed by atoms with Crippen LogP contribution in [0.5, 0.6) is 0 Å². The summed E-state index contributed by atoms with van der Waals surface area (Å²) in [6.45, 7) is 6.85. The minimum Gasteiger partial charge on any atom is -0.442 e. The molecular formula is C8H17NO4. The molecule has 0 rings (SSSR count). The molecule has 2 N–H and O–H groups in total.